The first-order chi connectivity index (χ1) is 13.1. The van der Waals surface area contributed by atoms with E-state index in [4.69, 9.17) is 4.74 Å². The van der Waals surface area contributed by atoms with E-state index in [9.17, 15) is 0 Å². The fraction of sp³-hybridized carbons (Fsp3) is 0.714. The smallest absolute Gasteiger partial charge is 0.225 e. The Labute approximate surface area is 163 Å². The standard InChI is InChI=1S/C21H33N5O/c1-18(2)25-15-13-24(14-16-25)10-4-5-17-27-20-7-11-26(12-8-20)21-22-9-6-19(3)23-21/h6,9,18,20H,7-8,10-17H2,1-3H3. The van der Waals surface area contributed by atoms with Crippen molar-refractivity contribution in [3.63, 3.8) is 0 Å². The second-order valence-corrected chi connectivity index (χ2v) is 7.75. The van der Waals surface area contributed by atoms with Gasteiger partial charge in [0.05, 0.1) is 12.6 Å². The molecular weight excluding hydrogens is 338 g/mol. The molecule has 3 heterocycles. The molecule has 3 rings (SSSR count). The summed E-state index contributed by atoms with van der Waals surface area (Å²) in [4.78, 5) is 16.1. The maximum atomic E-state index is 5.96. The van der Waals surface area contributed by atoms with E-state index in [1.165, 1.54) is 0 Å². The molecule has 1 aromatic heterocycles. The third kappa shape index (κ3) is 6.17. The van der Waals surface area contributed by atoms with Gasteiger partial charge in [-0.25, -0.2) is 9.97 Å². The van der Waals surface area contributed by atoms with Crippen molar-refractivity contribution in [2.75, 3.05) is 57.3 Å². The van der Waals surface area contributed by atoms with Gasteiger partial charge in [-0.1, -0.05) is 11.8 Å². The van der Waals surface area contributed by atoms with Crippen molar-refractivity contribution < 1.29 is 4.74 Å². The number of nitrogens with zero attached hydrogens (tertiary/aromatic N) is 5. The molecule has 0 amide bonds. The molecule has 27 heavy (non-hydrogen) atoms. The molecule has 0 bridgehead atoms. The van der Waals surface area contributed by atoms with E-state index < -0.39 is 0 Å². The number of hydrogen-bond acceptors (Lipinski definition) is 6. The molecule has 0 N–H and O–H groups in total. The van der Waals surface area contributed by atoms with Gasteiger partial charge < -0.3 is 9.64 Å². The SMILES string of the molecule is Cc1ccnc(N2CCC(OCC#CCN3CCN(C(C)C)CC3)CC2)n1. The van der Waals surface area contributed by atoms with Crippen molar-refractivity contribution in [1.82, 2.24) is 19.8 Å². The van der Waals surface area contributed by atoms with Gasteiger partial charge in [-0.2, -0.15) is 0 Å². The Morgan fingerprint density at radius 2 is 1.85 bits per heavy atom. The van der Waals surface area contributed by atoms with Crippen molar-refractivity contribution in [3.05, 3.63) is 18.0 Å². The summed E-state index contributed by atoms with van der Waals surface area (Å²) in [5.74, 6) is 7.32. The third-order valence-corrected chi connectivity index (χ3v) is 5.46. The van der Waals surface area contributed by atoms with E-state index in [-0.39, 0.29) is 0 Å². The molecule has 0 radical (unpaired) electrons. The van der Waals surface area contributed by atoms with Gasteiger partial charge in [0.25, 0.3) is 0 Å². The van der Waals surface area contributed by atoms with E-state index in [1.54, 1.807) is 0 Å². The summed E-state index contributed by atoms with van der Waals surface area (Å²) in [6, 6.07) is 2.58. The minimum absolute atomic E-state index is 0.301. The van der Waals surface area contributed by atoms with Gasteiger partial charge in [0.1, 0.15) is 6.61 Å². The van der Waals surface area contributed by atoms with Crippen LogP contribution in [-0.4, -0.2) is 84.3 Å². The molecule has 0 unspecified atom stereocenters. The van der Waals surface area contributed by atoms with Crippen LogP contribution in [0.2, 0.25) is 0 Å². The predicted octanol–water partition coefficient (Wildman–Crippen LogP) is 1.80. The summed E-state index contributed by atoms with van der Waals surface area (Å²) in [7, 11) is 0. The number of aromatic nitrogens is 2. The maximum Gasteiger partial charge on any atom is 0.225 e. The zero-order valence-corrected chi connectivity index (χ0v) is 17.0. The van der Waals surface area contributed by atoms with Gasteiger partial charge in [0.15, 0.2) is 0 Å². The van der Waals surface area contributed by atoms with E-state index >= 15 is 0 Å². The van der Waals surface area contributed by atoms with Gasteiger partial charge >= 0.3 is 0 Å². The molecule has 148 valence electrons. The average molecular weight is 372 g/mol. The third-order valence-electron chi connectivity index (χ3n) is 5.46. The number of hydrogen-bond donors (Lipinski definition) is 0. The number of anilines is 1. The summed E-state index contributed by atoms with van der Waals surface area (Å²) in [5, 5.41) is 0. The van der Waals surface area contributed by atoms with Gasteiger partial charge in [0.2, 0.25) is 5.95 Å². The van der Waals surface area contributed by atoms with E-state index in [0.29, 0.717) is 18.8 Å². The Morgan fingerprint density at radius 3 is 2.52 bits per heavy atom. The van der Waals surface area contributed by atoms with Crippen LogP contribution in [-0.2, 0) is 4.74 Å². The normalized spacial score (nSPS) is 19.9. The van der Waals surface area contributed by atoms with Gasteiger partial charge in [-0.3, -0.25) is 9.80 Å². The molecule has 2 saturated heterocycles. The minimum Gasteiger partial charge on any atom is -0.365 e. The molecule has 2 aliphatic rings. The molecule has 0 aromatic carbocycles. The molecule has 0 aliphatic carbocycles. The highest BCUT2D eigenvalue weighted by Crippen LogP contribution is 2.18. The van der Waals surface area contributed by atoms with Gasteiger partial charge in [-0.15, -0.1) is 0 Å². The van der Waals surface area contributed by atoms with Crippen LogP contribution < -0.4 is 4.90 Å². The van der Waals surface area contributed by atoms with Gasteiger partial charge in [-0.05, 0) is 39.7 Å². The van der Waals surface area contributed by atoms with E-state index in [0.717, 1.165) is 70.3 Å². The molecular formula is C21H33N5O. The molecule has 0 spiro atoms. The minimum atomic E-state index is 0.301. The summed E-state index contributed by atoms with van der Waals surface area (Å²) in [5.41, 5.74) is 1.01. The van der Waals surface area contributed by atoms with E-state index in [2.05, 4.69) is 50.4 Å². The number of rotatable bonds is 5. The van der Waals surface area contributed by atoms with Crippen LogP contribution in [0.25, 0.3) is 0 Å². The lowest BCUT2D eigenvalue weighted by molar-refractivity contribution is 0.0592. The Balaban J connectivity index is 1.30. The van der Waals surface area contributed by atoms with Crippen LogP contribution in [0.4, 0.5) is 5.95 Å². The lowest BCUT2D eigenvalue weighted by Crippen LogP contribution is -2.48. The number of ether oxygens (including phenoxy) is 1. The highest BCUT2D eigenvalue weighted by molar-refractivity contribution is 5.30. The number of piperazine rings is 1. The topological polar surface area (TPSA) is 44.7 Å². The highest BCUT2D eigenvalue weighted by Gasteiger charge is 2.21. The van der Waals surface area contributed by atoms with Crippen molar-refractivity contribution >= 4 is 5.95 Å². The zero-order valence-electron chi connectivity index (χ0n) is 17.0. The van der Waals surface area contributed by atoms with Gasteiger partial charge in [0, 0.05) is 57.2 Å². The van der Waals surface area contributed by atoms with Crippen molar-refractivity contribution in [3.8, 4) is 11.8 Å². The van der Waals surface area contributed by atoms with Crippen molar-refractivity contribution in [2.45, 2.75) is 45.8 Å². The highest BCUT2D eigenvalue weighted by atomic mass is 16.5. The molecule has 2 fully saturated rings. The van der Waals surface area contributed by atoms with E-state index in [1.807, 2.05) is 19.2 Å². The van der Waals surface area contributed by atoms with Crippen LogP contribution in [0.15, 0.2) is 12.3 Å². The van der Waals surface area contributed by atoms with Crippen LogP contribution >= 0.6 is 0 Å². The Kier molecular flexibility index (Phi) is 7.45. The first-order valence-corrected chi connectivity index (χ1v) is 10.2. The maximum absolute atomic E-state index is 5.96. The largest absolute Gasteiger partial charge is 0.365 e. The number of aryl methyl sites for hydroxylation is 1. The second kappa shape index (κ2) is 10.0. The predicted molar refractivity (Wildman–Crippen MR) is 109 cm³/mol. The summed E-state index contributed by atoms with van der Waals surface area (Å²) in [6.07, 6.45) is 4.15. The molecule has 1 aromatic rings. The first-order valence-electron chi connectivity index (χ1n) is 10.2. The summed E-state index contributed by atoms with van der Waals surface area (Å²) >= 11 is 0. The lowest BCUT2D eigenvalue weighted by atomic mass is 10.1. The molecule has 0 atom stereocenters. The van der Waals surface area contributed by atoms with Crippen molar-refractivity contribution in [2.24, 2.45) is 0 Å². The lowest BCUT2D eigenvalue weighted by Gasteiger charge is -2.36. The molecule has 6 heteroatoms. The Morgan fingerprint density at radius 1 is 1.11 bits per heavy atom. The average Bonchev–Trinajstić information content (AvgIpc) is 2.68. The molecule has 6 nitrogen and oxygen atoms in total. The molecule has 0 saturated carbocycles. The quantitative estimate of drug-likeness (QED) is 0.736. The number of piperidine rings is 1. The fourth-order valence-electron chi connectivity index (χ4n) is 3.63. The van der Waals surface area contributed by atoms with Crippen LogP contribution in [0, 0.1) is 18.8 Å². The Hall–Kier alpha value is -1.68. The van der Waals surface area contributed by atoms with Crippen molar-refractivity contribution in [1.29, 1.82) is 0 Å². The monoisotopic (exact) mass is 371 g/mol. The zero-order chi connectivity index (χ0) is 19.1. The van der Waals surface area contributed by atoms with Crippen LogP contribution in [0.3, 0.4) is 0 Å². The summed E-state index contributed by atoms with van der Waals surface area (Å²) in [6.45, 7) is 14.4. The molecule has 2 aliphatic heterocycles. The van der Waals surface area contributed by atoms with Crippen LogP contribution in [0.1, 0.15) is 32.4 Å². The summed E-state index contributed by atoms with van der Waals surface area (Å²) < 4.78 is 5.96. The fourth-order valence-corrected chi connectivity index (χ4v) is 3.63. The Bertz CT molecular complexity index is 637. The second-order valence-electron chi connectivity index (χ2n) is 7.75. The first kappa shape index (κ1) is 20.1. The van der Waals surface area contributed by atoms with Crippen LogP contribution in [0.5, 0.6) is 0 Å².